The summed E-state index contributed by atoms with van der Waals surface area (Å²) in [5, 5.41) is 0. The van der Waals surface area contributed by atoms with E-state index in [9.17, 15) is 9.59 Å². The van der Waals surface area contributed by atoms with E-state index in [-0.39, 0.29) is 18.5 Å². The SMILES string of the molecule is COCCOC(=O)C(C)N(C)C(=O)c1ccc(N=C(N)N)cc1. The zero-order chi connectivity index (χ0) is 17.4. The molecule has 0 spiro atoms. The molecule has 1 amide bonds. The fourth-order valence-corrected chi connectivity index (χ4v) is 1.71. The van der Waals surface area contributed by atoms with Gasteiger partial charge in [-0.15, -0.1) is 0 Å². The molecule has 1 rings (SSSR count). The van der Waals surface area contributed by atoms with Crippen molar-refractivity contribution in [2.75, 3.05) is 27.4 Å². The number of esters is 1. The van der Waals surface area contributed by atoms with Crippen LogP contribution in [0.4, 0.5) is 5.69 Å². The van der Waals surface area contributed by atoms with Crippen molar-refractivity contribution in [3.8, 4) is 0 Å². The van der Waals surface area contributed by atoms with E-state index in [0.29, 0.717) is 17.9 Å². The van der Waals surface area contributed by atoms with Gasteiger partial charge in [-0.3, -0.25) is 4.79 Å². The van der Waals surface area contributed by atoms with Gasteiger partial charge >= 0.3 is 5.97 Å². The van der Waals surface area contributed by atoms with Gasteiger partial charge in [0.2, 0.25) is 0 Å². The number of rotatable bonds is 7. The lowest BCUT2D eigenvalue weighted by atomic mass is 10.1. The first-order valence-electron chi connectivity index (χ1n) is 6.99. The first-order valence-corrected chi connectivity index (χ1v) is 6.99. The molecule has 1 unspecified atom stereocenters. The molecule has 0 heterocycles. The zero-order valence-corrected chi connectivity index (χ0v) is 13.5. The number of likely N-dealkylation sites (N-methyl/N-ethyl adjacent to an activating group) is 1. The van der Waals surface area contributed by atoms with Crippen LogP contribution in [0.2, 0.25) is 0 Å². The minimum Gasteiger partial charge on any atom is -0.462 e. The molecule has 0 aliphatic rings. The van der Waals surface area contributed by atoms with Gasteiger partial charge in [-0.1, -0.05) is 0 Å². The number of amides is 1. The van der Waals surface area contributed by atoms with Gasteiger partial charge in [0.05, 0.1) is 12.3 Å². The summed E-state index contributed by atoms with van der Waals surface area (Å²) < 4.78 is 9.81. The Hall–Kier alpha value is -2.61. The second-order valence-corrected chi connectivity index (χ2v) is 4.84. The van der Waals surface area contributed by atoms with Crippen LogP contribution in [0.1, 0.15) is 17.3 Å². The van der Waals surface area contributed by atoms with Gasteiger partial charge in [-0.25, -0.2) is 9.79 Å². The third kappa shape index (κ3) is 5.59. The van der Waals surface area contributed by atoms with Gasteiger partial charge in [0, 0.05) is 19.7 Å². The molecule has 0 saturated heterocycles. The Balaban J connectivity index is 2.71. The van der Waals surface area contributed by atoms with Gasteiger partial charge in [-0.2, -0.15) is 0 Å². The predicted octanol–water partition coefficient (Wildman–Crippen LogP) is 0.242. The lowest BCUT2D eigenvalue weighted by molar-refractivity contribution is -0.149. The highest BCUT2D eigenvalue weighted by Crippen LogP contribution is 2.15. The molecular weight excluding hydrogens is 300 g/mol. The fraction of sp³-hybridized carbons (Fsp3) is 0.400. The number of carbonyl (C=O) groups is 2. The topological polar surface area (TPSA) is 120 Å². The van der Waals surface area contributed by atoms with E-state index in [2.05, 4.69) is 4.99 Å². The summed E-state index contributed by atoms with van der Waals surface area (Å²) in [5.41, 5.74) is 11.5. The number of nitrogens with zero attached hydrogens (tertiary/aromatic N) is 2. The van der Waals surface area contributed by atoms with Gasteiger partial charge < -0.3 is 25.8 Å². The summed E-state index contributed by atoms with van der Waals surface area (Å²) in [7, 11) is 3.05. The molecule has 0 aromatic heterocycles. The van der Waals surface area contributed by atoms with Crippen molar-refractivity contribution in [2.24, 2.45) is 16.5 Å². The van der Waals surface area contributed by atoms with E-state index in [0.717, 1.165) is 0 Å². The van der Waals surface area contributed by atoms with E-state index in [1.165, 1.54) is 19.1 Å². The Bertz CT molecular complexity index is 567. The monoisotopic (exact) mass is 322 g/mol. The number of hydrogen-bond acceptors (Lipinski definition) is 5. The molecule has 4 N–H and O–H groups in total. The van der Waals surface area contributed by atoms with Crippen molar-refractivity contribution in [1.29, 1.82) is 0 Å². The van der Waals surface area contributed by atoms with Gasteiger partial charge in [0.25, 0.3) is 5.91 Å². The summed E-state index contributed by atoms with van der Waals surface area (Å²) in [4.78, 5) is 29.4. The average molecular weight is 322 g/mol. The molecule has 126 valence electrons. The molecule has 0 aliphatic carbocycles. The minimum atomic E-state index is -0.711. The molecule has 1 atom stereocenters. The molecule has 1 aromatic rings. The van der Waals surface area contributed by atoms with Gasteiger partial charge in [-0.05, 0) is 31.2 Å². The van der Waals surface area contributed by atoms with E-state index < -0.39 is 12.0 Å². The molecule has 0 fully saturated rings. The van der Waals surface area contributed by atoms with Crippen molar-refractivity contribution in [3.05, 3.63) is 29.8 Å². The maximum Gasteiger partial charge on any atom is 0.328 e. The van der Waals surface area contributed by atoms with Crippen LogP contribution in [0.5, 0.6) is 0 Å². The van der Waals surface area contributed by atoms with E-state index in [4.69, 9.17) is 20.9 Å². The smallest absolute Gasteiger partial charge is 0.328 e. The number of guanidine groups is 1. The zero-order valence-electron chi connectivity index (χ0n) is 13.5. The molecule has 0 aliphatic heterocycles. The highest BCUT2D eigenvalue weighted by Gasteiger charge is 2.24. The maximum absolute atomic E-state index is 12.4. The summed E-state index contributed by atoms with van der Waals surface area (Å²) in [6.45, 7) is 2.05. The Labute approximate surface area is 135 Å². The van der Waals surface area contributed by atoms with Crippen molar-refractivity contribution in [2.45, 2.75) is 13.0 Å². The van der Waals surface area contributed by atoms with E-state index >= 15 is 0 Å². The molecular formula is C15H22N4O4. The normalized spacial score (nSPS) is 11.4. The van der Waals surface area contributed by atoms with E-state index in [1.54, 1.807) is 31.2 Å². The summed E-state index contributed by atoms with van der Waals surface area (Å²) in [6, 6.07) is 5.69. The summed E-state index contributed by atoms with van der Waals surface area (Å²) in [6.07, 6.45) is 0. The van der Waals surface area contributed by atoms with Crippen LogP contribution in [-0.2, 0) is 14.3 Å². The second-order valence-electron chi connectivity index (χ2n) is 4.84. The minimum absolute atomic E-state index is 0.0615. The number of methoxy groups -OCH3 is 1. The molecule has 0 radical (unpaired) electrons. The van der Waals surface area contributed by atoms with Crippen molar-refractivity contribution in [1.82, 2.24) is 4.90 Å². The molecule has 0 saturated carbocycles. The fourth-order valence-electron chi connectivity index (χ4n) is 1.71. The molecule has 1 aromatic carbocycles. The molecule has 8 heteroatoms. The van der Waals surface area contributed by atoms with Crippen LogP contribution >= 0.6 is 0 Å². The first-order chi connectivity index (χ1) is 10.9. The Morgan fingerprint density at radius 2 is 1.83 bits per heavy atom. The third-order valence-corrected chi connectivity index (χ3v) is 3.15. The number of nitrogens with two attached hydrogens (primary N) is 2. The lowest BCUT2D eigenvalue weighted by Gasteiger charge is -2.23. The lowest BCUT2D eigenvalue weighted by Crippen LogP contribution is -2.41. The number of benzene rings is 1. The standard InChI is InChI=1S/C15H22N4O4/c1-10(14(21)23-9-8-22-3)19(2)13(20)11-4-6-12(7-5-11)18-15(16)17/h4-7,10H,8-9H2,1-3H3,(H4,16,17,18). The Kier molecular flexibility index (Phi) is 7.01. The molecule has 23 heavy (non-hydrogen) atoms. The Morgan fingerprint density at radius 1 is 1.22 bits per heavy atom. The third-order valence-electron chi connectivity index (χ3n) is 3.15. The molecule has 8 nitrogen and oxygen atoms in total. The number of aliphatic imine (C=N–C) groups is 1. The van der Waals surface area contributed by atoms with Crippen LogP contribution in [0, 0.1) is 0 Å². The second kappa shape index (κ2) is 8.74. The molecule has 0 bridgehead atoms. The van der Waals surface area contributed by atoms with Crippen LogP contribution in [-0.4, -0.2) is 56.1 Å². The average Bonchev–Trinajstić information content (AvgIpc) is 2.53. The van der Waals surface area contributed by atoms with Crippen LogP contribution < -0.4 is 11.5 Å². The summed E-state index contributed by atoms with van der Waals surface area (Å²) >= 11 is 0. The van der Waals surface area contributed by atoms with Crippen LogP contribution in [0.25, 0.3) is 0 Å². The van der Waals surface area contributed by atoms with Crippen molar-refractivity contribution < 1.29 is 19.1 Å². The van der Waals surface area contributed by atoms with Crippen LogP contribution in [0.3, 0.4) is 0 Å². The van der Waals surface area contributed by atoms with Crippen molar-refractivity contribution >= 4 is 23.5 Å². The predicted molar refractivity (Wildman–Crippen MR) is 86.3 cm³/mol. The van der Waals surface area contributed by atoms with Gasteiger partial charge in [0.15, 0.2) is 5.96 Å². The van der Waals surface area contributed by atoms with E-state index in [1.807, 2.05) is 0 Å². The number of carbonyl (C=O) groups excluding carboxylic acids is 2. The highest BCUT2D eigenvalue weighted by atomic mass is 16.6. The number of ether oxygens (including phenoxy) is 2. The largest absolute Gasteiger partial charge is 0.462 e. The highest BCUT2D eigenvalue weighted by molar-refractivity contribution is 5.96. The first kappa shape index (κ1) is 18.4. The number of hydrogen-bond donors (Lipinski definition) is 2. The quantitative estimate of drug-likeness (QED) is 0.321. The summed E-state index contributed by atoms with van der Waals surface area (Å²) in [5.74, 6) is -0.860. The maximum atomic E-state index is 12.4. The Morgan fingerprint density at radius 3 is 2.35 bits per heavy atom. The van der Waals surface area contributed by atoms with Gasteiger partial charge in [0.1, 0.15) is 12.6 Å². The van der Waals surface area contributed by atoms with Crippen LogP contribution in [0.15, 0.2) is 29.3 Å². The van der Waals surface area contributed by atoms with Crippen molar-refractivity contribution in [3.63, 3.8) is 0 Å².